The normalized spacial score (nSPS) is 22.8. The van der Waals surface area contributed by atoms with Crippen LogP contribution in [0.15, 0.2) is 36.9 Å². The van der Waals surface area contributed by atoms with Crippen molar-refractivity contribution < 1.29 is 24.5 Å². The molecule has 12 nitrogen and oxygen atoms in total. The number of hydrogen-bond acceptors (Lipinski definition) is 9. The van der Waals surface area contributed by atoms with Crippen LogP contribution in [0.3, 0.4) is 0 Å². The molecule has 0 radical (unpaired) electrons. The van der Waals surface area contributed by atoms with Crippen molar-refractivity contribution in [2.24, 2.45) is 0 Å². The lowest BCUT2D eigenvalue weighted by atomic mass is 10.1. The number of likely N-dealkylation sites (N-methyl/N-ethyl adjacent to an activating group) is 1. The fourth-order valence-electron chi connectivity index (χ4n) is 3.43. The number of benzene rings is 1. The highest BCUT2D eigenvalue weighted by Crippen LogP contribution is 2.33. The molecule has 1 aromatic carbocycles. The summed E-state index contributed by atoms with van der Waals surface area (Å²) in [7, 11) is 0. The molecule has 0 aliphatic carbocycles. The number of fused-ring (bicyclic) bond motifs is 1. The number of ether oxygens (including phenoxy) is 1. The lowest BCUT2D eigenvalue weighted by molar-refractivity contribution is -0.145. The van der Waals surface area contributed by atoms with Crippen molar-refractivity contribution in [3.05, 3.63) is 41.9 Å². The molecule has 168 valence electrons. The molecule has 0 spiro atoms. The number of aromatic nitrogens is 4. The van der Waals surface area contributed by atoms with E-state index in [0.29, 0.717) is 10.7 Å². The molecule has 0 bridgehead atoms. The third-order valence-electron chi connectivity index (χ3n) is 5.07. The van der Waals surface area contributed by atoms with Crippen LogP contribution in [-0.4, -0.2) is 71.4 Å². The number of halogens is 1. The number of nitrogen functional groups attached to an aromatic ring is 1. The van der Waals surface area contributed by atoms with Crippen LogP contribution < -0.4 is 11.1 Å². The van der Waals surface area contributed by atoms with Crippen LogP contribution >= 0.6 is 11.6 Å². The Labute approximate surface area is 186 Å². The number of carbonyl (C=O) groups excluding carboxylic acids is 2. The van der Waals surface area contributed by atoms with Crippen LogP contribution in [0.1, 0.15) is 13.2 Å². The molecule has 4 rings (SSSR count). The first kappa shape index (κ1) is 21.9. The molecule has 0 unspecified atom stereocenters. The first-order chi connectivity index (χ1) is 15.3. The Bertz CT molecular complexity index is 1150. The van der Waals surface area contributed by atoms with Crippen LogP contribution in [0.25, 0.3) is 11.2 Å². The Morgan fingerprint density at radius 1 is 1.22 bits per heavy atom. The van der Waals surface area contributed by atoms with E-state index in [9.17, 15) is 19.8 Å². The number of imide groups is 1. The average molecular weight is 462 g/mol. The number of hydrogen-bond donors (Lipinski definition) is 4. The number of imidazole rings is 1. The quantitative estimate of drug-likeness (QED) is 0.438. The fraction of sp³-hybridized carbons (Fsp3) is 0.316. The van der Waals surface area contributed by atoms with Gasteiger partial charge in [0.15, 0.2) is 23.8 Å². The minimum absolute atomic E-state index is 0.00334. The highest BCUT2D eigenvalue weighted by Gasteiger charge is 2.49. The molecular weight excluding hydrogens is 442 g/mol. The molecule has 1 aliphatic rings. The highest BCUT2D eigenvalue weighted by atomic mass is 35.5. The van der Waals surface area contributed by atoms with Gasteiger partial charge in [-0.2, -0.15) is 0 Å². The number of amides is 3. The van der Waals surface area contributed by atoms with Gasteiger partial charge in [-0.25, -0.2) is 19.7 Å². The van der Waals surface area contributed by atoms with Gasteiger partial charge in [-0.1, -0.05) is 11.6 Å². The third-order valence-corrected chi connectivity index (χ3v) is 5.32. The van der Waals surface area contributed by atoms with E-state index in [-0.39, 0.29) is 23.5 Å². The molecule has 1 saturated heterocycles. The average Bonchev–Trinajstić information content (AvgIpc) is 3.32. The van der Waals surface area contributed by atoms with Crippen molar-refractivity contribution in [1.29, 1.82) is 0 Å². The topological polar surface area (TPSA) is 169 Å². The van der Waals surface area contributed by atoms with E-state index >= 15 is 0 Å². The summed E-state index contributed by atoms with van der Waals surface area (Å²) in [4.78, 5) is 38.6. The molecule has 3 heterocycles. The van der Waals surface area contributed by atoms with Crippen molar-refractivity contribution in [3.8, 4) is 0 Å². The van der Waals surface area contributed by atoms with Gasteiger partial charge in [0.25, 0.3) is 5.91 Å². The summed E-state index contributed by atoms with van der Waals surface area (Å²) in [5.41, 5.74) is 6.75. The van der Waals surface area contributed by atoms with Crippen LogP contribution in [0.5, 0.6) is 0 Å². The van der Waals surface area contributed by atoms with Gasteiger partial charge in [0.05, 0.1) is 6.33 Å². The lowest BCUT2D eigenvalue weighted by Crippen LogP contribution is -2.49. The number of aliphatic hydroxyl groups excluding tert-OH is 2. The molecule has 1 aliphatic heterocycles. The predicted octanol–water partition coefficient (Wildman–Crippen LogP) is 0.762. The van der Waals surface area contributed by atoms with E-state index in [1.165, 1.54) is 17.2 Å². The Morgan fingerprint density at radius 2 is 1.94 bits per heavy atom. The number of urea groups is 1. The maximum Gasteiger partial charge on any atom is 0.328 e. The monoisotopic (exact) mass is 461 g/mol. The van der Waals surface area contributed by atoms with Gasteiger partial charge in [-0.3, -0.25) is 14.3 Å². The zero-order chi connectivity index (χ0) is 23.0. The predicted molar refractivity (Wildman–Crippen MR) is 114 cm³/mol. The molecule has 1 fully saturated rings. The molecule has 3 aromatic rings. The van der Waals surface area contributed by atoms with Gasteiger partial charge >= 0.3 is 6.03 Å². The van der Waals surface area contributed by atoms with E-state index in [4.69, 9.17) is 22.1 Å². The lowest BCUT2D eigenvalue weighted by Gasteiger charge is -2.24. The summed E-state index contributed by atoms with van der Waals surface area (Å²) in [5.74, 6) is -0.683. The van der Waals surface area contributed by atoms with E-state index in [2.05, 4.69) is 20.3 Å². The summed E-state index contributed by atoms with van der Waals surface area (Å²) >= 11 is 5.84. The van der Waals surface area contributed by atoms with Crippen LogP contribution in [0.4, 0.5) is 16.3 Å². The molecule has 3 amide bonds. The maximum atomic E-state index is 13.0. The Hall–Kier alpha value is -3.32. The van der Waals surface area contributed by atoms with E-state index in [1.807, 2.05) is 0 Å². The Kier molecular flexibility index (Phi) is 5.93. The second kappa shape index (κ2) is 8.67. The summed E-state index contributed by atoms with van der Waals surface area (Å²) in [5, 5.41) is 24.1. The van der Waals surface area contributed by atoms with Crippen molar-refractivity contribution in [2.75, 3.05) is 17.6 Å². The molecule has 2 aromatic heterocycles. The first-order valence-electron chi connectivity index (χ1n) is 9.64. The zero-order valence-corrected chi connectivity index (χ0v) is 17.5. The highest BCUT2D eigenvalue weighted by molar-refractivity contribution is 6.30. The minimum atomic E-state index is -1.60. The van der Waals surface area contributed by atoms with Gasteiger partial charge in [0, 0.05) is 17.3 Å². The Balaban J connectivity index is 1.54. The van der Waals surface area contributed by atoms with Gasteiger partial charge in [-0.15, -0.1) is 0 Å². The summed E-state index contributed by atoms with van der Waals surface area (Å²) in [6.45, 7) is 1.60. The number of nitrogens with one attached hydrogen (secondary N) is 1. The van der Waals surface area contributed by atoms with Gasteiger partial charge in [0.2, 0.25) is 0 Å². The first-order valence-corrected chi connectivity index (χ1v) is 10.0. The third kappa shape index (κ3) is 3.84. The molecule has 0 saturated carbocycles. The van der Waals surface area contributed by atoms with Crippen molar-refractivity contribution in [2.45, 2.75) is 31.5 Å². The van der Waals surface area contributed by atoms with E-state index < -0.39 is 36.5 Å². The Morgan fingerprint density at radius 3 is 2.62 bits per heavy atom. The zero-order valence-electron chi connectivity index (χ0n) is 16.8. The number of nitrogens with two attached hydrogens (primary N) is 1. The standard InChI is InChI=1S/C19H20ClN7O5/c1-2-26(19(31)25-10-5-3-9(20)4-6-10)17(30)14-12(28)13(29)18(32-14)27-8-24-11-15(21)22-7-23-16(11)27/h3-8,12-14,18,28-29H,2H2,1H3,(H,25,31)(H2,21,22,23)/t12-,13+,14-,18+/m0/s1. The largest absolute Gasteiger partial charge is 0.387 e. The summed E-state index contributed by atoms with van der Waals surface area (Å²) in [6.07, 6.45) is -3.24. The smallest absolute Gasteiger partial charge is 0.328 e. The van der Waals surface area contributed by atoms with E-state index in [0.717, 1.165) is 4.90 Å². The van der Waals surface area contributed by atoms with E-state index in [1.54, 1.807) is 31.2 Å². The summed E-state index contributed by atoms with van der Waals surface area (Å²) in [6, 6.07) is 5.62. The van der Waals surface area contributed by atoms with Crippen LogP contribution in [0, 0.1) is 0 Å². The molecule has 4 atom stereocenters. The van der Waals surface area contributed by atoms with Crippen LogP contribution in [0.2, 0.25) is 5.02 Å². The van der Waals surface area contributed by atoms with Crippen molar-refractivity contribution in [1.82, 2.24) is 24.4 Å². The van der Waals surface area contributed by atoms with Crippen molar-refractivity contribution >= 4 is 46.2 Å². The molecule has 13 heteroatoms. The second-order valence-electron chi connectivity index (χ2n) is 7.03. The number of carbonyl (C=O) groups is 2. The number of nitrogens with zero attached hydrogens (tertiary/aromatic N) is 5. The second-order valence-corrected chi connectivity index (χ2v) is 7.47. The molecule has 5 N–H and O–H groups in total. The van der Waals surface area contributed by atoms with Gasteiger partial charge in [0.1, 0.15) is 24.1 Å². The number of rotatable bonds is 4. The summed E-state index contributed by atoms with van der Waals surface area (Å²) < 4.78 is 7.02. The number of aliphatic hydroxyl groups is 2. The molecular formula is C19H20ClN7O5. The SMILES string of the molecule is CCN(C(=O)Nc1ccc(Cl)cc1)C(=O)[C@H]1O[C@@H](n2cnc3c(N)ncnc32)[C@H](O)[C@@H]1O. The van der Waals surface area contributed by atoms with Crippen molar-refractivity contribution in [3.63, 3.8) is 0 Å². The molecule has 32 heavy (non-hydrogen) atoms. The van der Waals surface area contributed by atoms with Crippen LogP contribution in [-0.2, 0) is 9.53 Å². The maximum absolute atomic E-state index is 13.0. The minimum Gasteiger partial charge on any atom is -0.387 e. The number of anilines is 2. The fourth-order valence-corrected chi connectivity index (χ4v) is 3.55. The van der Waals surface area contributed by atoms with Gasteiger partial charge < -0.3 is 26.0 Å². The van der Waals surface area contributed by atoms with Gasteiger partial charge in [-0.05, 0) is 31.2 Å².